The Morgan fingerprint density at radius 3 is 2.79 bits per heavy atom. The number of amides is 1. The smallest absolute Gasteiger partial charge is 0.277 e. The molecule has 0 unspecified atom stereocenters. The van der Waals surface area contributed by atoms with Crippen LogP contribution >= 0.6 is 23.4 Å². The van der Waals surface area contributed by atoms with E-state index in [1.807, 2.05) is 0 Å². The topological polar surface area (TPSA) is 94.3 Å². The van der Waals surface area contributed by atoms with Crippen LogP contribution in [0.3, 0.4) is 0 Å². The van der Waals surface area contributed by atoms with Crippen LogP contribution in [0.1, 0.15) is 17.3 Å². The molecular weight excluding hydrogens is 402 g/mol. The number of carbonyl (C=O) groups excluding carboxylic acids is 2. The second-order valence-electron chi connectivity index (χ2n) is 5.69. The summed E-state index contributed by atoms with van der Waals surface area (Å²) >= 11 is 7.11. The van der Waals surface area contributed by atoms with E-state index >= 15 is 0 Å². The lowest BCUT2D eigenvalue weighted by Gasteiger charge is -2.05. The standard InChI is InChI=1S/C19H16ClN3O4S/c1-11(24)12-4-3-5-14(8-12)21-17(25)10-28-19-23-22-18(27-19)15-9-13(20)6-7-16(15)26-2/h3-9H,10H2,1-2H3,(H,21,25). The number of halogens is 1. The molecule has 0 saturated carbocycles. The van der Waals surface area contributed by atoms with E-state index in [1.54, 1.807) is 42.5 Å². The van der Waals surface area contributed by atoms with Crippen LogP contribution in [0.5, 0.6) is 5.75 Å². The fourth-order valence-electron chi connectivity index (χ4n) is 2.36. The minimum absolute atomic E-state index is 0.0681. The van der Waals surface area contributed by atoms with E-state index in [1.165, 1.54) is 14.0 Å². The Kier molecular flexibility index (Phi) is 6.33. The monoisotopic (exact) mass is 417 g/mol. The molecule has 9 heteroatoms. The Hall–Kier alpha value is -2.84. The molecule has 2 aromatic carbocycles. The Labute approximate surface area is 170 Å². The number of rotatable bonds is 7. The number of ether oxygens (including phenoxy) is 1. The molecule has 0 atom stereocenters. The average Bonchev–Trinajstić information content (AvgIpc) is 3.15. The first-order valence-corrected chi connectivity index (χ1v) is 9.53. The summed E-state index contributed by atoms with van der Waals surface area (Å²) in [6.45, 7) is 1.47. The minimum Gasteiger partial charge on any atom is -0.496 e. The van der Waals surface area contributed by atoms with E-state index in [2.05, 4.69) is 15.5 Å². The van der Waals surface area contributed by atoms with E-state index in [0.717, 1.165) is 11.8 Å². The molecule has 0 radical (unpaired) electrons. The molecule has 3 aromatic rings. The molecule has 0 aliphatic carbocycles. The van der Waals surface area contributed by atoms with Gasteiger partial charge in [0.25, 0.3) is 11.1 Å². The van der Waals surface area contributed by atoms with Gasteiger partial charge in [0.15, 0.2) is 5.78 Å². The summed E-state index contributed by atoms with van der Waals surface area (Å²) in [6, 6.07) is 11.8. The molecule has 0 aliphatic rings. The van der Waals surface area contributed by atoms with Gasteiger partial charge in [-0.15, -0.1) is 10.2 Å². The second-order valence-corrected chi connectivity index (χ2v) is 7.05. The first-order chi connectivity index (χ1) is 13.5. The number of benzene rings is 2. The van der Waals surface area contributed by atoms with Crippen molar-refractivity contribution in [2.45, 2.75) is 12.1 Å². The fraction of sp³-hybridized carbons (Fsp3) is 0.158. The molecule has 0 bridgehead atoms. The van der Waals surface area contributed by atoms with Crippen molar-refractivity contribution in [3.8, 4) is 17.2 Å². The van der Waals surface area contributed by atoms with Crippen molar-refractivity contribution in [3.63, 3.8) is 0 Å². The zero-order valence-electron chi connectivity index (χ0n) is 15.1. The Morgan fingerprint density at radius 2 is 2.04 bits per heavy atom. The summed E-state index contributed by atoms with van der Waals surface area (Å²) in [5, 5.41) is 11.4. The van der Waals surface area contributed by atoms with Gasteiger partial charge in [-0.2, -0.15) is 0 Å². The van der Waals surface area contributed by atoms with Gasteiger partial charge >= 0.3 is 0 Å². The van der Waals surface area contributed by atoms with Gasteiger partial charge in [0, 0.05) is 16.3 Å². The molecule has 144 valence electrons. The van der Waals surface area contributed by atoms with Gasteiger partial charge in [-0.05, 0) is 37.3 Å². The molecule has 28 heavy (non-hydrogen) atoms. The summed E-state index contributed by atoms with van der Waals surface area (Å²) in [7, 11) is 1.53. The van der Waals surface area contributed by atoms with Crippen LogP contribution in [-0.2, 0) is 4.79 Å². The number of nitrogens with one attached hydrogen (secondary N) is 1. The van der Waals surface area contributed by atoms with Crippen LogP contribution in [0.25, 0.3) is 11.5 Å². The lowest BCUT2D eigenvalue weighted by molar-refractivity contribution is -0.113. The van der Waals surface area contributed by atoms with E-state index in [0.29, 0.717) is 27.6 Å². The number of hydrogen-bond donors (Lipinski definition) is 1. The number of Topliss-reactive ketones (excluding diaryl/α,β-unsaturated/α-hetero) is 1. The maximum Gasteiger partial charge on any atom is 0.277 e. The number of ketones is 1. The number of methoxy groups -OCH3 is 1. The third-order valence-electron chi connectivity index (χ3n) is 3.68. The molecule has 1 heterocycles. The normalized spacial score (nSPS) is 10.5. The highest BCUT2D eigenvalue weighted by molar-refractivity contribution is 7.99. The number of thioether (sulfide) groups is 1. The maximum atomic E-state index is 12.1. The Morgan fingerprint density at radius 1 is 1.21 bits per heavy atom. The molecule has 0 saturated heterocycles. The first kappa shape index (κ1) is 19.9. The number of carbonyl (C=O) groups is 2. The van der Waals surface area contributed by atoms with Crippen LogP contribution in [0.4, 0.5) is 5.69 Å². The summed E-state index contributed by atoms with van der Waals surface area (Å²) in [5.41, 5.74) is 1.65. The molecule has 7 nitrogen and oxygen atoms in total. The summed E-state index contributed by atoms with van der Waals surface area (Å²) in [6.07, 6.45) is 0. The van der Waals surface area contributed by atoms with Gasteiger partial charge in [-0.25, -0.2) is 0 Å². The lowest BCUT2D eigenvalue weighted by Crippen LogP contribution is -2.14. The van der Waals surface area contributed by atoms with E-state index in [-0.39, 0.29) is 28.6 Å². The van der Waals surface area contributed by atoms with Crippen molar-refractivity contribution in [1.82, 2.24) is 10.2 Å². The molecule has 3 rings (SSSR count). The largest absolute Gasteiger partial charge is 0.496 e. The highest BCUT2D eigenvalue weighted by Crippen LogP contribution is 2.33. The van der Waals surface area contributed by atoms with Crippen molar-refractivity contribution < 1.29 is 18.7 Å². The van der Waals surface area contributed by atoms with Crippen LogP contribution in [0, 0.1) is 0 Å². The SMILES string of the molecule is COc1ccc(Cl)cc1-c1nnc(SCC(=O)Nc2cccc(C(C)=O)c2)o1. The van der Waals surface area contributed by atoms with E-state index < -0.39 is 0 Å². The third kappa shape index (κ3) is 4.90. The summed E-state index contributed by atoms with van der Waals surface area (Å²) in [4.78, 5) is 23.6. The third-order valence-corrected chi connectivity index (χ3v) is 4.73. The predicted molar refractivity (Wildman–Crippen MR) is 107 cm³/mol. The molecule has 0 spiro atoms. The zero-order chi connectivity index (χ0) is 20.1. The highest BCUT2D eigenvalue weighted by atomic mass is 35.5. The maximum absolute atomic E-state index is 12.1. The van der Waals surface area contributed by atoms with Crippen LogP contribution in [-0.4, -0.2) is 34.8 Å². The summed E-state index contributed by atoms with van der Waals surface area (Å²) in [5.74, 6) is 0.536. The van der Waals surface area contributed by atoms with Crippen molar-refractivity contribution in [2.75, 3.05) is 18.2 Å². The molecule has 0 aliphatic heterocycles. The summed E-state index contributed by atoms with van der Waals surface area (Å²) < 4.78 is 10.9. The van der Waals surface area contributed by atoms with Crippen LogP contribution < -0.4 is 10.1 Å². The number of anilines is 1. The highest BCUT2D eigenvalue weighted by Gasteiger charge is 2.15. The van der Waals surface area contributed by atoms with Gasteiger partial charge in [0.2, 0.25) is 5.91 Å². The van der Waals surface area contributed by atoms with E-state index in [9.17, 15) is 9.59 Å². The second kappa shape index (κ2) is 8.90. The van der Waals surface area contributed by atoms with Crippen molar-refractivity contribution in [1.29, 1.82) is 0 Å². The van der Waals surface area contributed by atoms with Gasteiger partial charge in [-0.1, -0.05) is 35.5 Å². The number of nitrogens with zero attached hydrogens (tertiary/aromatic N) is 2. The lowest BCUT2D eigenvalue weighted by atomic mass is 10.1. The van der Waals surface area contributed by atoms with Gasteiger partial charge in [0.05, 0.1) is 18.4 Å². The molecule has 1 aromatic heterocycles. The van der Waals surface area contributed by atoms with Crippen LogP contribution in [0.15, 0.2) is 52.1 Å². The van der Waals surface area contributed by atoms with Gasteiger partial charge in [0.1, 0.15) is 5.75 Å². The number of hydrogen-bond acceptors (Lipinski definition) is 7. The predicted octanol–water partition coefficient (Wildman–Crippen LogP) is 4.33. The molecule has 0 fully saturated rings. The van der Waals surface area contributed by atoms with E-state index in [4.69, 9.17) is 20.8 Å². The Balaban J connectivity index is 1.63. The fourth-order valence-corrected chi connectivity index (χ4v) is 3.10. The first-order valence-electron chi connectivity index (χ1n) is 8.17. The van der Waals surface area contributed by atoms with Crippen LogP contribution in [0.2, 0.25) is 5.02 Å². The van der Waals surface area contributed by atoms with Crippen molar-refractivity contribution in [2.24, 2.45) is 0 Å². The average molecular weight is 418 g/mol. The van der Waals surface area contributed by atoms with Crippen molar-refractivity contribution >= 4 is 40.7 Å². The minimum atomic E-state index is -0.259. The molecule has 1 N–H and O–H groups in total. The number of aromatic nitrogens is 2. The zero-order valence-corrected chi connectivity index (χ0v) is 16.6. The quantitative estimate of drug-likeness (QED) is 0.451. The Bertz CT molecular complexity index is 1020. The van der Waals surface area contributed by atoms with Gasteiger partial charge in [-0.3, -0.25) is 9.59 Å². The van der Waals surface area contributed by atoms with Crippen molar-refractivity contribution in [3.05, 3.63) is 53.1 Å². The van der Waals surface area contributed by atoms with Gasteiger partial charge < -0.3 is 14.5 Å². The molecule has 1 amide bonds. The molecular formula is C19H16ClN3O4S.